The summed E-state index contributed by atoms with van der Waals surface area (Å²) >= 11 is 1.49. The maximum atomic E-state index is 11.4. The molecule has 1 aliphatic heterocycles. The second kappa shape index (κ2) is 6.76. The molecule has 3 rings (SSSR count). The summed E-state index contributed by atoms with van der Waals surface area (Å²) in [6.45, 7) is 5.18. The van der Waals surface area contributed by atoms with Crippen LogP contribution in [0.2, 0.25) is 0 Å². The van der Waals surface area contributed by atoms with Crippen molar-refractivity contribution in [3.63, 3.8) is 0 Å². The molecule has 2 aromatic heterocycles. The molecule has 0 fully saturated rings. The number of nitrogens with one attached hydrogen (secondary N) is 1. The van der Waals surface area contributed by atoms with Crippen LogP contribution in [0.3, 0.4) is 0 Å². The molecular weight excluding hydrogens is 312 g/mol. The molecule has 0 bridgehead atoms. The fraction of sp³-hybridized carbons (Fsp3) is 0.600. The van der Waals surface area contributed by atoms with Crippen molar-refractivity contribution < 1.29 is 4.79 Å². The Bertz CT molecular complexity index is 694. The standard InChI is InChI=1S/C15H22N6OS/c1-4-13-18-14-6-5-11(8-21(14)19-13)16-7-12-9-23-15(17-12)20(3)10(2)22/h9,11,16H,4-8H2,1-3H3/t11-/m1/s1. The summed E-state index contributed by atoms with van der Waals surface area (Å²) in [7, 11) is 1.75. The van der Waals surface area contributed by atoms with Gasteiger partial charge in [-0.1, -0.05) is 6.92 Å². The van der Waals surface area contributed by atoms with Crippen LogP contribution >= 0.6 is 11.3 Å². The van der Waals surface area contributed by atoms with Gasteiger partial charge in [-0.2, -0.15) is 5.10 Å². The predicted octanol–water partition coefficient (Wildman–Crippen LogP) is 1.38. The maximum Gasteiger partial charge on any atom is 0.225 e. The molecule has 8 heteroatoms. The summed E-state index contributed by atoms with van der Waals surface area (Å²) in [5, 5.41) is 10.8. The van der Waals surface area contributed by atoms with Gasteiger partial charge in [0.1, 0.15) is 5.82 Å². The lowest BCUT2D eigenvalue weighted by atomic mass is 10.1. The van der Waals surface area contributed by atoms with Gasteiger partial charge in [-0.15, -0.1) is 11.3 Å². The molecule has 0 saturated heterocycles. The number of carbonyl (C=O) groups excluding carboxylic acids is 1. The third-order valence-electron chi connectivity index (χ3n) is 4.09. The Morgan fingerprint density at radius 2 is 2.35 bits per heavy atom. The van der Waals surface area contributed by atoms with Crippen molar-refractivity contribution in [2.24, 2.45) is 0 Å². The van der Waals surface area contributed by atoms with Crippen molar-refractivity contribution in [1.29, 1.82) is 0 Å². The molecule has 23 heavy (non-hydrogen) atoms. The summed E-state index contributed by atoms with van der Waals surface area (Å²) in [4.78, 5) is 22.0. The van der Waals surface area contributed by atoms with Gasteiger partial charge in [0.15, 0.2) is 11.0 Å². The van der Waals surface area contributed by atoms with Gasteiger partial charge in [-0.05, 0) is 6.42 Å². The Kier molecular flexibility index (Phi) is 4.72. The number of nitrogens with zero attached hydrogens (tertiary/aromatic N) is 5. The normalized spacial score (nSPS) is 17.1. The van der Waals surface area contributed by atoms with E-state index in [4.69, 9.17) is 0 Å². The van der Waals surface area contributed by atoms with Crippen LogP contribution in [0.1, 0.15) is 37.6 Å². The number of rotatable bonds is 5. The van der Waals surface area contributed by atoms with Gasteiger partial charge in [0.25, 0.3) is 0 Å². The van der Waals surface area contributed by atoms with E-state index in [1.54, 1.807) is 18.9 Å². The zero-order valence-corrected chi connectivity index (χ0v) is 14.6. The third kappa shape index (κ3) is 3.59. The van der Waals surface area contributed by atoms with E-state index in [0.717, 1.165) is 48.3 Å². The van der Waals surface area contributed by atoms with Crippen molar-refractivity contribution in [2.75, 3.05) is 11.9 Å². The van der Waals surface area contributed by atoms with E-state index >= 15 is 0 Å². The van der Waals surface area contributed by atoms with E-state index < -0.39 is 0 Å². The number of aryl methyl sites for hydroxylation is 2. The molecule has 1 amide bonds. The van der Waals surface area contributed by atoms with Gasteiger partial charge in [-0.25, -0.2) is 14.6 Å². The molecule has 0 saturated carbocycles. The quantitative estimate of drug-likeness (QED) is 0.894. The first kappa shape index (κ1) is 16.1. The molecular formula is C15H22N6OS. The molecule has 1 N–H and O–H groups in total. The van der Waals surface area contributed by atoms with E-state index in [9.17, 15) is 4.79 Å². The topological polar surface area (TPSA) is 75.9 Å². The number of hydrogen-bond donors (Lipinski definition) is 1. The number of thiazole rings is 1. The van der Waals surface area contributed by atoms with Crippen LogP contribution < -0.4 is 10.2 Å². The van der Waals surface area contributed by atoms with Crippen molar-refractivity contribution in [3.8, 4) is 0 Å². The van der Waals surface area contributed by atoms with Crippen LogP contribution in [0, 0.1) is 0 Å². The molecule has 0 aliphatic carbocycles. The average molecular weight is 334 g/mol. The van der Waals surface area contributed by atoms with Gasteiger partial charge < -0.3 is 5.32 Å². The zero-order chi connectivity index (χ0) is 16.4. The van der Waals surface area contributed by atoms with Crippen LogP contribution in [0.5, 0.6) is 0 Å². The Labute approximate surface area is 139 Å². The van der Waals surface area contributed by atoms with Gasteiger partial charge >= 0.3 is 0 Å². The monoisotopic (exact) mass is 334 g/mol. The first-order valence-electron chi connectivity index (χ1n) is 7.91. The second-order valence-corrected chi connectivity index (χ2v) is 6.63. The highest BCUT2D eigenvalue weighted by atomic mass is 32.1. The second-order valence-electron chi connectivity index (χ2n) is 5.80. The first-order valence-corrected chi connectivity index (χ1v) is 8.79. The minimum absolute atomic E-state index is 0.00317. The SMILES string of the molecule is CCc1nc2n(n1)C[C@H](NCc1csc(N(C)C(C)=O)n1)CC2. The van der Waals surface area contributed by atoms with E-state index in [0.29, 0.717) is 12.6 Å². The van der Waals surface area contributed by atoms with E-state index in [2.05, 4.69) is 27.3 Å². The van der Waals surface area contributed by atoms with Gasteiger partial charge in [-0.3, -0.25) is 9.69 Å². The molecule has 0 radical (unpaired) electrons. The maximum absolute atomic E-state index is 11.4. The lowest BCUT2D eigenvalue weighted by molar-refractivity contribution is -0.116. The molecule has 0 unspecified atom stereocenters. The number of carbonyl (C=O) groups is 1. The van der Waals surface area contributed by atoms with Crippen LogP contribution in [0.15, 0.2) is 5.38 Å². The van der Waals surface area contributed by atoms with Crippen LogP contribution in [-0.2, 0) is 30.7 Å². The highest BCUT2D eigenvalue weighted by molar-refractivity contribution is 7.14. The summed E-state index contributed by atoms with van der Waals surface area (Å²) in [5.74, 6) is 2.02. The molecule has 2 aromatic rings. The molecule has 0 aromatic carbocycles. The van der Waals surface area contributed by atoms with Gasteiger partial charge in [0, 0.05) is 44.8 Å². The van der Waals surface area contributed by atoms with Crippen LogP contribution in [0.4, 0.5) is 5.13 Å². The first-order chi connectivity index (χ1) is 11.1. The minimum Gasteiger partial charge on any atom is -0.306 e. The molecule has 1 aliphatic rings. The Morgan fingerprint density at radius 1 is 1.52 bits per heavy atom. The third-order valence-corrected chi connectivity index (χ3v) is 5.05. The fourth-order valence-electron chi connectivity index (χ4n) is 2.59. The average Bonchev–Trinajstić information content (AvgIpc) is 3.17. The van der Waals surface area contributed by atoms with E-state index in [1.165, 1.54) is 11.3 Å². The summed E-state index contributed by atoms with van der Waals surface area (Å²) < 4.78 is 2.02. The largest absolute Gasteiger partial charge is 0.306 e. The molecule has 3 heterocycles. The number of amides is 1. The predicted molar refractivity (Wildman–Crippen MR) is 89.5 cm³/mol. The highest BCUT2D eigenvalue weighted by Gasteiger charge is 2.21. The smallest absolute Gasteiger partial charge is 0.225 e. The van der Waals surface area contributed by atoms with Gasteiger partial charge in [0.2, 0.25) is 5.91 Å². The molecule has 124 valence electrons. The van der Waals surface area contributed by atoms with Crippen molar-refractivity contribution in [2.45, 2.75) is 52.2 Å². The summed E-state index contributed by atoms with van der Waals surface area (Å²) in [6.07, 6.45) is 2.90. The number of aromatic nitrogens is 4. The van der Waals surface area contributed by atoms with E-state index in [-0.39, 0.29) is 5.91 Å². The van der Waals surface area contributed by atoms with Crippen molar-refractivity contribution >= 4 is 22.4 Å². The number of hydrogen-bond acceptors (Lipinski definition) is 6. The zero-order valence-electron chi connectivity index (χ0n) is 13.7. The van der Waals surface area contributed by atoms with Crippen LogP contribution in [0.25, 0.3) is 0 Å². The Morgan fingerprint density at radius 3 is 3.09 bits per heavy atom. The van der Waals surface area contributed by atoms with E-state index in [1.807, 2.05) is 10.1 Å². The highest BCUT2D eigenvalue weighted by Crippen LogP contribution is 2.20. The van der Waals surface area contributed by atoms with Gasteiger partial charge in [0.05, 0.1) is 12.2 Å². The lowest BCUT2D eigenvalue weighted by Crippen LogP contribution is -2.37. The molecule has 1 atom stereocenters. The lowest BCUT2D eigenvalue weighted by Gasteiger charge is -2.23. The fourth-order valence-corrected chi connectivity index (χ4v) is 3.43. The number of fused-ring (bicyclic) bond motifs is 1. The molecule has 0 spiro atoms. The summed E-state index contributed by atoms with van der Waals surface area (Å²) in [5.41, 5.74) is 0.969. The Hall–Kier alpha value is -1.80. The van der Waals surface area contributed by atoms with Crippen molar-refractivity contribution in [3.05, 3.63) is 22.7 Å². The van der Waals surface area contributed by atoms with Crippen LogP contribution in [-0.4, -0.2) is 38.7 Å². The van der Waals surface area contributed by atoms with Crippen molar-refractivity contribution in [1.82, 2.24) is 25.1 Å². The summed E-state index contributed by atoms with van der Waals surface area (Å²) in [6, 6.07) is 0.379. The molecule has 7 nitrogen and oxygen atoms in total. The Balaban J connectivity index is 1.56. The number of anilines is 1. The minimum atomic E-state index is -0.00317.